The minimum absolute atomic E-state index is 0.360. The molecule has 0 saturated heterocycles. The number of allylic oxidation sites excluding steroid dienone is 1. The summed E-state index contributed by atoms with van der Waals surface area (Å²) >= 11 is 0. The molecule has 0 unspecified atom stereocenters. The molecule has 256 valence electrons. The maximum absolute atomic E-state index is 12.4. The van der Waals surface area contributed by atoms with Gasteiger partial charge in [0.25, 0.3) is 0 Å². The maximum Gasteiger partial charge on any atom is 0.249 e. The van der Waals surface area contributed by atoms with Gasteiger partial charge in [-0.3, -0.25) is 4.79 Å². The van der Waals surface area contributed by atoms with Crippen LogP contribution in [0.3, 0.4) is 0 Å². The van der Waals surface area contributed by atoms with E-state index in [4.69, 9.17) is 0 Å². The lowest BCUT2D eigenvalue weighted by atomic mass is 10.0. The van der Waals surface area contributed by atoms with E-state index in [-0.39, 0.29) is 6.61 Å². The fourth-order valence-electron chi connectivity index (χ4n) is 5.83. The van der Waals surface area contributed by atoms with E-state index in [9.17, 15) is 20.1 Å². The summed E-state index contributed by atoms with van der Waals surface area (Å²) in [6.07, 6.45) is 38.0. The van der Waals surface area contributed by atoms with Gasteiger partial charge in [-0.25, -0.2) is 0 Å². The van der Waals surface area contributed by atoms with Crippen molar-refractivity contribution >= 4 is 5.91 Å². The Hall–Kier alpha value is -0.910. The first-order chi connectivity index (χ1) is 21.1. The molecular weight excluding hydrogens is 534 g/mol. The van der Waals surface area contributed by atoms with E-state index in [0.717, 1.165) is 32.1 Å². The highest BCUT2D eigenvalue weighted by Gasteiger charge is 2.22. The molecule has 0 aliphatic carbocycles. The zero-order chi connectivity index (χ0) is 31.6. The number of aliphatic hydroxyl groups is 3. The van der Waals surface area contributed by atoms with Crippen LogP contribution in [-0.2, 0) is 4.79 Å². The van der Waals surface area contributed by atoms with Gasteiger partial charge in [-0.15, -0.1) is 0 Å². The van der Waals surface area contributed by atoms with Crippen molar-refractivity contribution in [1.82, 2.24) is 5.32 Å². The van der Waals surface area contributed by atoms with Crippen LogP contribution in [-0.4, -0.2) is 46.1 Å². The van der Waals surface area contributed by atoms with Crippen molar-refractivity contribution in [1.29, 1.82) is 0 Å². The Labute approximate surface area is 268 Å². The van der Waals surface area contributed by atoms with Crippen molar-refractivity contribution in [3.8, 4) is 0 Å². The quantitative estimate of drug-likeness (QED) is 0.0432. The number of aliphatic hydroxyl groups excluding tert-OH is 3. The lowest BCUT2D eigenvalue weighted by Crippen LogP contribution is -2.48. The molecule has 5 nitrogen and oxygen atoms in total. The van der Waals surface area contributed by atoms with E-state index in [1.165, 1.54) is 148 Å². The van der Waals surface area contributed by atoms with Crippen molar-refractivity contribution in [2.45, 2.75) is 218 Å². The SMILES string of the molecule is CCCCCCCCCCCCCCCCC/C=C/[C@@H](O)[C@H](CO)NC(=O)[C@@H](O)CCCCCCCCCCCCCC. The molecule has 0 aliphatic rings. The number of hydrogen-bond acceptors (Lipinski definition) is 4. The summed E-state index contributed by atoms with van der Waals surface area (Å²) in [6.45, 7) is 4.17. The first-order valence-electron chi connectivity index (χ1n) is 19.0. The van der Waals surface area contributed by atoms with E-state index in [0.29, 0.717) is 6.42 Å². The van der Waals surface area contributed by atoms with Gasteiger partial charge in [0.2, 0.25) is 5.91 Å². The Bertz CT molecular complexity index is 596. The molecule has 0 heterocycles. The summed E-state index contributed by atoms with van der Waals surface area (Å²) in [6, 6.07) is -0.790. The van der Waals surface area contributed by atoms with E-state index in [1.54, 1.807) is 6.08 Å². The highest BCUT2D eigenvalue weighted by Crippen LogP contribution is 2.15. The number of nitrogens with one attached hydrogen (secondary N) is 1. The van der Waals surface area contributed by atoms with Crippen LogP contribution in [0.5, 0.6) is 0 Å². The zero-order valence-corrected chi connectivity index (χ0v) is 28.8. The van der Waals surface area contributed by atoms with Gasteiger partial charge in [-0.05, 0) is 19.3 Å². The van der Waals surface area contributed by atoms with Gasteiger partial charge in [0.05, 0.1) is 18.8 Å². The molecule has 0 aliphatic heterocycles. The van der Waals surface area contributed by atoms with Crippen LogP contribution < -0.4 is 5.32 Å². The smallest absolute Gasteiger partial charge is 0.249 e. The van der Waals surface area contributed by atoms with Crippen LogP contribution in [0.15, 0.2) is 12.2 Å². The minimum Gasteiger partial charge on any atom is -0.394 e. The Morgan fingerprint density at radius 1 is 0.558 bits per heavy atom. The monoisotopic (exact) mass is 610 g/mol. The van der Waals surface area contributed by atoms with Crippen molar-refractivity contribution in [3.63, 3.8) is 0 Å². The van der Waals surface area contributed by atoms with Gasteiger partial charge in [0.15, 0.2) is 0 Å². The lowest BCUT2D eigenvalue weighted by Gasteiger charge is -2.21. The Morgan fingerprint density at radius 3 is 1.28 bits per heavy atom. The lowest BCUT2D eigenvalue weighted by molar-refractivity contribution is -0.131. The molecular formula is C38H75NO4. The van der Waals surface area contributed by atoms with Crippen LogP contribution in [0.4, 0.5) is 0 Å². The average Bonchev–Trinajstić information content (AvgIpc) is 3.01. The van der Waals surface area contributed by atoms with Crippen molar-refractivity contribution in [2.75, 3.05) is 6.61 Å². The predicted molar refractivity (Wildman–Crippen MR) is 185 cm³/mol. The summed E-state index contributed by atoms with van der Waals surface area (Å²) in [5, 5.41) is 32.9. The van der Waals surface area contributed by atoms with Crippen LogP contribution in [0.25, 0.3) is 0 Å². The minimum atomic E-state index is -1.09. The first kappa shape index (κ1) is 42.1. The third-order valence-electron chi connectivity index (χ3n) is 8.88. The summed E-state index contributed by atoms with van der Waals surface area (Å²) in [5.41, 5.74) is 0. The number of hydrogen-bond donors (Lipinski definition) is 4. The third kappa shape index (κ3) is 29.6. The predicted octanol–water partition coefficient (Wildman–Crippen LogP) is 10.1. The Kier molecular flexibility index (Phi) is 33.3. The van der Waals surface area contributed by atoms with Crippen LogP contribution in [0.2, 0.25) is 0 Å². The van der Waals surface area contributed by atoms with Crippen molar-refractivity contribution in [3.05, 3.63) is 12.2 Å². The third-order valence-corrected chi connectivity index (χ3v) is 8.88. The number of rotatable bonds is 34. The topological polar surface area (TPSA) is 89.8 Å². The molecule has 0 fully saturated rings. The average molecular weight is 610 g/mol. The Morgan fingerprint density at radius 2 is 0.907 bits per heavy atom. The van der Waals surface area contributed by atoms with Gasteiger partial charge < -0.3 is 20.6 Å². The van der Waals surface area contributed by atoms with E-state index < -0.39 is 24.2 Å². The standard InChI is InChI=1S/C38H75NO4/c1-3-5-7-9-11-13-15-17-18-19-20-21-23-24-26-28-30-32-36(41)35(34-40)39-38(43)37(42)33-31-29-27-25-22-16-14-12-10-8-6-4-2/h30,32,35-37,40-42H,3-29,31,33-34H2,1-2H3,(H,39,43)/b32-30+/t35-,36+,37-/m0/s1. The fraction of sp³-hybridized carbons (Fsp3) is 0.921. The van der Waals surface area contributed by atoms with E-state index in [2.05, 4.69) is 19.2 Å². The summed E-state index contributed by atoms with van der Waals surface area (Å²) in [7, 11) is 0. The normalized spacial score (nSPS) is 13.9. The largest absolute Gasteiger partial charge is 0.394 e. The number of carbonyl (C=O) groups is 1. The summed E-state index contributed by atoms with van der Waals surface area (Å²) in [4.78, 5) is 12.4. The molecule has 0 saturated carbocycles. The number of amides is 1. The molecule has 0 bridgehead atoms. The fourth-order valence-corrected chi connectivity index (χ4v) is 5.83. The first-order valence-corrected chi connectivity index (χ1v) is 19.0. The second kappa shape index (κ2) is 34.0. The highest BCUT2D eigenvalue weighted by atomic mass is 16.3. The van der Waals surface area contributed by atoms with Crippen molar-refractivity contribution < 1.29 is 20.1 Å². The molecule has 0 aromatic carbocycles. The molecule has 43 heavy (non-hydrogen) atoms. The molecule has 0 rings (SSSR count). The van der Waals surface area contributed by atoms with Gasteiger partial charge in [0.1, 0.15) is 6.10 Å². The second-order valence-corrected chi connectivity index (χ2v) is 13.1. The van der Waals surface area contributed by atoms with Crippen LogP contribution >= 0.6 is 0 Å². The van der Waals surface area contributed by atoms with Gasteiger partial charge in [0, 0.05) is 0 Å². The molecule has 1 amide bonds. The van der Waals surface area contributed by atoms with Gasteiger partial charge in [-0.1, -0.05) is 193 Å². The van der Waals surface area contributed by atoms with E-state index in [1.807, 2.05) is 6.08 Å². The summed E-state index contributed by atoms with van der Waals surface area (Å²) in [5.74, 6) is -0.503. The zero-order valence-electron chi connectivity index (χ0n) is 28.8. The summed E-state index contributed by atoms with van der Waals surface area (Å²) < 4.78 is 0. The van der Waals surface area contributed by atoms with Crippen molar-refractivity contribution in [2.24, 2.45) is 0 Å². The maximum atomic E-state index is 12.4. The number of carbonyl (C=O) groups excluding carboxylic acids is 1. The highest BCUT2D eigenvalue weighted by molar-refractivity contribution is 5.80. The van der Waals surface area contributed by atoms with Crippen LogP contribution in [0, 0.1) is 0 Å². The Balaban J connectivity index is 3.71. The molecule has 0 aromatic heterocycles. The second-order valence-electron chi connectivity index (χ2n) is 13.1. The molecule has 0 spiro atoms. The molecule has 5 heteroatoms. The van der Waals surface area contributed by atoms with Gasteiger partial charge in [-0.2, -0.15) is 0 Å². The molecule has 0 radical (unpaired) electrons. The molecule has 3 atom stereocenters. The van der Waals surface area contributed by atoms with E-state index >= 15 is 0 Å². The van der Waals surface area contributed by atoms with Gasteiger partial charge >= 0.3 is 0 Å². The van der Waals surface area contributed by atoms with Crippen LogP contribution in [0.1, 0.15) is 200 Å². The molecule has 4 N–H and O–H groups in total. The molecule has 0 aromatic rings. The number of unbranched alkanes of at least 4 members (excludes halogenated alkanes) is 26.